The van der Waals surface area contributed by atoms with Crippen LogP contribution in [-0.2, 0) is 17.8 Å². The second kappa shape index (κ2) is 11.2. The number of imidazole rings is 1. The maximum absolute atomic E-state index is 13.1. The lowest BCUT2D eigenvalue weighted by Crippen LogP contribution is -2.24. The van der Waals surface area contributed by atoms with Gasteiger partial charge in [-0.05, 0) is 74.6 Å². The minimum atomic E-state index is 0.0694. The van der Waals surface area contributed by atoms with Gasteiger partial charge >= 0.3 is 0 Å². The normalized spacial score (nSPS) is 15.6. The van der Waals surface area contributed by atoms with Gasteiger partial charge in [-0.25, -0.2) is 4.98 Å². The van der Waals surface area contributed by atoms with E-state index < -0.39 is 0 Å². The van der Waals surface area contributed by atoms with Crippen molar-refractivity contribution in [1.82, 2.24) is 9.55 Å². The maximum atomic E-state index is 13.1. The van der Waals surface area contributed by atoms with Gasteiger partial charge in [-0.3, -0.25) is 4.79 Å². The van der Waals surface area contributed by atoms with Crippen molar-refractivity contribution >= 4 is 22.6 Å². The van der Waals surface area contributed by atoms with Crippen molar-refractivity contribution in [2.24, 2.45) is 0 Å². The fourth-order valence-corrected chi connectivity index (χ4v) is 5.36. The smallest absolute Gasteiger partial charge is 0.227 e. The Bertz CT molecular complexity index is 1370. The molecular weight excluding hydrogens is 458 g/mol. The van der Waals surface area contributed by atoms with Crippen molar-refractivity contribution < 1.29 is 9.53 Å². The Morgan fingerprint density at radius 3 is 2.59 bits per heavy atom. The van der Waals surface area contributed by atoms with Crippen LogP contribution in [0.2, 0.25) is 0 Å². The van der Waals surface area contributed by atoms with Crippen LogP contribution >= 0.6 is 0 Å². The highest BCUT2D eigenvalue weighted by atomic mass is 16.5. The number of aryl methyl sites for hydroxylation is 4. The number of benzene rings is 3. The Morgan fingerprint density at radius 1 is 1.00 bits per heavy atom. The highest BCUT2D eigenvalue weighted by molar-refractivity contribution is 5.96. The van der Waals surface area contributed by atoms with E-state index in [0.29, 0.717) is 19.6 Å². The van der Waals surface area contributed by atoms with Gasteiger partial charge in [-0.15, -0.1) is 0 Å². The van der Waals surface area contributed by atoms with E-state index in [9.17, 15) is 4.79 Å². The minimum absolute atomic E-state index is 0.0694. The van der Waals surface area contributed by atoms with E-state index in [-0.39, 0.29) is 11.8 Å². The van der Waals surface area contributed by atoms with Crippen LogP contribution in [0.5, 0.6) is 5.75 Å². The molecule has 0 saturated carbocycles. The number of carbonyl (C=O) groups is 1. The number of unbranched alkanes of at least 4 members (excludes halogenated alkanes) is 1. The second-order valence-electron chi connectivity index (χ2n) is 10.3. The molecular formula is C32H37N3O2. The number of anilines is 1. The number of rotatable bonds is 10. The van der Waals surface area contributed by atoms with E-state index in [2.05, 4.69) is 86.0 Å². The summed E-state index contributed by atoms with van der Waals surface area (Å²) in [6.07, 6.45) is 4.82. The van der Waals surface area contributed by atoms with Crippen LogP contribution < -0.4 is 9.64 Å². The average molecular weight is 496 g/mol. The van der Waals surface area contributed by atoms with E-state index in [1.807, 2.05) is 11.0 Å². The van der Waals surface area contributed by atoms with Crippen molar-refractivity contribution in [3.63, 3.8) is 0 Å². The summed E-state index contributed by atoms with van der Waals surface area (Å²) in [5.41, 5.74) is 6.83. The molecule has 1 atom stereocenters. The molecule has 0 aliphatic carbocycles. The lowest BCUT2D eigenvalue weighted by molar-refractivity contribution is -0.117. The number of nitrogens with zero attached hydrogens (tertiary/aromatic N) is 3. The van der Waals surface area contributed by atoms with Gasteiger partial charge in [0.1, 0.15) is 11.6 Å². The molecule has 1 aromatic heterocycles. The third kappa shape index (κ3) is 5.56. The Kier molecular flexibility index (Phi) is 7.59. The predicted molar refractivity (Wildman–Crippen MR) is 151 cm³/mol. The zero-order valence-corrected chi connectivity index (χ0v) is 22.2. The molecule has 3 aromatic carbocycles. The first kappa shape index (κ1) is 25.1. The summed E-state index contributed by atoms with van der Waals surface area (Å²) in [6.45, 7) is 8.50. The first-order valence-electron chi connectivity index (χ1n) is 13.6. The summed E-state index contributed by atoms with van der Waals surface area (Å²) >= 11 is 0. The van der Waals surface area contributed by atoms with Gasteiger partial charge in [-0.1, -0.05) is 55.3 Å². The molecule has 0 N–H and O–H groups in total. The number of hydrogen-bond donors (Lipinski definition) is 0. The fraction of sp³-hybridized carbons (Fsp3) is 0.375. The third-order valence-corrected chi connectivity index (χ3v) is 7.36. The Balaban J connectivity index is 1.30. The number of para-hydroxylation sites is 2. The monoisotopic (exact) mass is 495 g/mol. The molecule has 1 aliphatic heterocycles. The molecule has 2 heterocycles. The SMILES string of the molecule is CCCCc1ccc(N2CC(c3nc4ccccc4n3CCCOc3ccc(C)cc3C)CC2=O)cc1. The predicted octanol–water partition coefficient (Wildman–Crippen LogP) is 6.99. The molecule has 37 heavy (non-hydrogen) atoms. The highest BCUT2D eigenvalue weighted by Gasteiger charge is 2.34. The largest absolute Gasteiger partial charge is 0.493 e. The van der Waals surface area contributed by atoms with Crippen molar-refractivity contribution in [2.45, 2.75) is 65.3 Å². The molecule has 1 fully saturated rings. The Morgan fingerprint density at radius 2 is 1.81 bits per heavy atom. The molecule has 5 heteroatoms. The van der Waals surface area contributed by atoms with Crippen molar-refractivity contribution in [2.75, 3.05) is 18.1 Å². The lowest BCUT2D eigenvalue weighted by Gasteiger charge is -2.18. The van der Waals surface area contributed by atoms with Crippen molar-refractivity contribution in [3.05, 3.63) is 89.2 Å². The van der Waals surface area contributed by atoms with Gasteiger partial charge in [-0.2, -0.15) is 0 Å². The van der Waals surface area contributed by atoms with Crippen molar-refractivity contribution in [1.29, 1.82) is 0 Å². The first-order valence-corrected chi connectivity index (χ1v) is 13.6. The molecule has 5 rings (SSSR count). The quantitative estimate of drug-likeness (QED) is 0.223. The molecule has 192 valence electrons. The van der Waals surface area contributed by atoms with Crippen LogP contribution in [0, 0.1) is 13.8 Å². The van der Waals surface area contributed by atoms with Crippen LogP contribution in [-0.4, -0.2) is 28.6 Å². The van der Waals surface area contributed by atoms with Crippen LogP contribution in [0.4, 0.5) is 5.69 Å². The molecule has 0 spiro atoms. The van der Waals surface area contributed by atoms with Crippen LogP contribution in [0.3, 0.4) is 0 Å². The molecule has 0 bridgehead atoms. The number of amides is 1. The van der Waals surface area contributed by atoms with Gasteiger partial charge in [0.25, 0.3) is 0 Å². The van der Waals surface area contributed by atoms with Gasteiger partial charge in [0, 0.05) is 31.1 Å². The minimum Gasteiger partial charge on any atom is -0.493 e. The molecule has 5 nitrogen and oxygen atoms in total. The van der Waals surface area contributed by atoms with Gasteiger partial charge < -0.3 is 14.2 Å². The summed E-state index contributed by atoms with van der Waals surface area (Å²) in [7, 11) is 0. The average Bonchev–Trinajstić information content (AvgIpc) is 3.47. The molecule has 4 aromatic rings. The van der Waals surface area contributed by atoms with E-state index >= 15 is 0 Å². The fourth-order valence-electron chi connectivity index (χ4n) is 5.36. The van der Waals surface area contributed by atoms with E-state index in [4.69, 9.17) is 9.72 Å². The molecule has 1 amide bonds. The van der Waals surface area contributed by atoms with Crippen LogP contribution in [0.15, 0.2) is 66.7 Å². The number of fused-ring (bicyclic) bond motifs is 1. The molecule has 1 aliphatic rings. The Labute approximate surface area is 220 Å². The molecule has 1 unspecified atom stereocenters. The second-order valence-corrected chi connectivity index (χ2v) is 10.3. The van der Waals surface area contributed by atoms with Gasteiger partial charge in [0.2, 0.25) is 5.91 Å². The van der Waals surface area contributed by atoms with E-state index in [1.54, 1.807) is 0 Å². The van der Waals surface area contributed by atoms with E-state index in [1.165, 1.54) is 24.0 Å². The van der Waals surface area contributed by atoms with Crippen LogP contribution in [0.1, 0.15) is 61.0 Å². The summed E-state index contributed by atoms with van der Waals surface area (Å²) in [6, 6.07) is 23.1. The first-order chi connectivity index (χ1) is 18.0. The number of aromatic nitrogens is 2. The van der Waals surface area contributed by atoms with Gasteiger partial charge in [0.15, 0.2) is 0 Å². The number of ether oxygens (including phenoxy) is 1. The summed E-state index contributed by atoms with van der Waals surface area (Å²) in [4.78, 5) is 20.0. The lowest BCUT2D eigenvalue weighted by atomic mass is 10.1. The maximum Gasteiger partial charge on any atom is 0.227 e. The zero-order valence-electron chi connectivity index (χ0n) is 22.2. The van der Waals surface area contributed by atoms with Crippen LogP contribution in [0.25, 0.3) is 11.0 Å². The molecule has 1 saturated heterocycles. The van der Waals surface area contributed by atoms with Gasteiger partial charge in [0.05, 0.1) is 17.6 Å². The van der Waals surface area contributed by atoms with Crippen molar-refractivity contribution in [3.8, 4) is 5.75 Å². The standard InChI is InChI=1S/C32H37N3O2/c1-4-5-9-25-13-15-27(16-14-25)35-22-26(21-31(35)36)32-33-28-10-6-7-11-29(28)34(32)18-8-19-37-30-17-12-23(2)20-24(30)3/h6-7,10-17,20,26H,4-5,8-9,18-19,21-22H2,1-3H3. The molecule has 0 radical (unpaired) electrons. The number of carbonyl (C=O) groups excluding carboxylic acids is 1. The third-order valence-electron chi connectivity index (χ3n) is 7.36. The highest BCUT2D eigenvalue weighted by Crippen LogP contribution is 2.33. The zero-order chi connectivity index (χ0) is 25.8. The summed E-state index contributed by atoms with van der Waals surface area (Å²) < 4.78 is 8.40. The van der Waals surface area contributed by atoms with E-state index in [0.717, 1.165) is 53.2 Å². The topological polar surface area (TPSA) is 47.4 Å². The Hall–Kier alpha value is -3.60. The number of hydrogen-bond acceptors (Lipinski definition) is 3. The summed E-state index contributed by atoms with van der Waals surface area (Å²) in [5.74, 6) is 2.19. The summed E-state index contributed by atoms with van der Waals surface area (Å²) in [5, 5.41) is 0.